The van der Waals surface area contributed by atoms with Gasteiger partial charge in [-0.25, -0.2) is 4.39 Å². The van der Waals surface area contributed by atoms with E-state index in [4.69, 9.17) is 5.73 Å². The lowest BCUT2D eigenvalue weighted by molar-refractivity contribution is 0.628. The average Bonchev–Trinajstić information content (AvgIpc) is 2.65. The van der Waals surface area contributed by atoms with Crippen LogP contribution in [0.4, 0.5) is 4.39 Å². The van der Waals surface area contributed by atoms with Gasteiger partial charge in [0.15, 0.2) is 0 Å². The van der Waals surface area contributed by atoms with Crippen LogP contribution in [0.3, 0.4) is 0 Å². The zero-order chi connectivity index (χ0) is 9.97. The van der Waals surface area contributed by atoms with Crippen molar-refractivity contribution in [2.24, 2.45) is 5.73 Å². The smallest absolute Gasteiger partial charge is 0.123 e. The normalized spacial score (nSPS) is 10.4. The van der Waals surface area contributed by atoms with E-state index in [0.717, 1.165) is 16.8 Å². The summed E-state index contributed by atoms with van der Waals surface area (Å²) in [5.74, 6) is -0.264. The highest BCUT2D eigenvalue weighted by atomic mass is 19.1. The van der Waals surface area contributed by atoms with Crippen molar-refractivity contribution >= 4 is 0 Å². The lowest BCUT2D eigenvalue weighted by Crippen LogP contribution is -1.96. The molecule has 0 radical (unpaired) electrons. The molecule has 0 saturated carbocycles. The Balaban J connectivity index is 2.49. The monoisotopic (exact) mass is 191 g/mol. The van der Waals surface area contributed by atoms with Crippen LogP contribution in [0.1, 0.15) is 5.56 Å². The van der Waals surface area contributed by atoms with Gasteiger partial charge in [0.05, 0.1) is 11.9 Å². The van der Waals surface area contributed by atoms with E-state index in [1.54, 1.807) is 12.3 Å². The van der Waals surface area contributed by atoms with Crippen LogP contribution in [-0.2, 0) is 6.54 Å². The third-order valence-electron chi connectivity index (χ3n) is 2.05. The standard InChI is InChI=1S/C10H10FN3/c11-9-3-1-2-7(4-9)10-8(5-12)6-13-14-10/h1-4,6H,5,12H2,(H,13,14). The fourth-order valence-electron chi connectivity index (χ4n) is 1.36. The zero-order valence-corrected chi connectivity index (χ0v) is 7.50. The van der Waals surface area contributed by atoms with Crippen molar-refractivity contribution in [3.8, 4) is 11.3 Å². The quantitative estimate of drug-likeness (QED) is 0.758. The summed E-state index contributed by atoms with van der Waals surface area (Å²) in [7, 11) is 0. The number of hydrogen-bond acceptors (Lipinski definition) is 2. The Hall–Kier alpha value is -1.68. The highest BCUT2D eigenvalue weighted by Crippen LogP contribution is 2.20. The van der Waals surface area contributed by atoms with Gasteiger partial charge in [-0.3, -0.25) is 5.10 Å². The first kappa shape index (κ1) is 8.90. The van der Waals surface area contributed by atoms with Crippen molar-refractivity contribution in [2.45, 2.75) is 6.54 Å². The van der Waals surface area contributed by atoms with Gasteiger partial charge in [0.1, 0.15) is 5.82 Å². The first-order chi connectivity index (χ1) is 6.81. The molecule has 0 atom stereocenters. The minimum absolute atomic E-state index is 0.264. The molecule has 3 N–H and O–H groups in total. The molecule has 0 amide bonds. The van der Waals surface area contributed by atoms with Gasteiger partial charge in [-0.1, -0.05) is 12.1 Å². The molecule has 0 aliphatic carbocycles. The summed E-state index contributed by atoms with van der Waals surface area (Å²) >= 11 is 0. The largest absolute Gasteiger partial charge is 0.326 e. The van der Waals surface area contributed by atoms with Crippen LogP contribution in [0.5, 0.6) is 0 Å². The summed E-state index contributed by atoms with van der Waals surface area (Å²) in [5.41, 5.74) is 7.95. The second-order valence-corrected chi connectivity index (χ2v) is 2.98. The Morgan fingerprint density at radius 2 is 2.29 bits per heavy atom. The van der Waals surface area contributed by atoms with E-state index in [1.807, 2.05) is 6.07 Å². The van der Waals surface area contributed by atoms with Crippen LogP contribution < -0.4 is 5.73 Å². The number of benzene rings is 1. The van der Waals surface area contributed by atoms with Crippen LogP contribution in [0.25, 0.3) is 11.3 Å². The van der Waals surface area contributed by atoms with Gasteiger partial charge >= 0.3 is 0 Å². The fraction of sp³-hybridized carbons (Fsp3) is 0.100. The third-order valence-corrected chi connectivity index (χ3v) is 2.05. The minimum atomic E-state index is -0.264. The lowest BCUT2D eigenvalue weighted by atomic mass is 10.1. The lowest BCUT2D eigenvalue weighted by Gasteiger charge is -2.00. The number of rotatable bonds is 2. The SMILES string of the molecule is NCc1cn[nH]c1-c1cccc(F)c1. The molecular weight excluding hydrogens is 181 g/mol. The number of halogens is 1. The molecule has 0 aliphatic rings. The number of nitrogens with two attached hydrogens (primary N) is 1. The van der Waals surface area contributed by atoms with Gasteiger partial charge in [0.25, 0.3) is 0 Å². The van der Waals surface area contributed by atoms with Crippen molar-refractivity contribution in [1.29, 1.82) is 0 Å². The van der Waals surface area contributed by atoms with Crippen molar-refractivity contribution < 1.29 is 4.39 Å². The van der Waals surface area contributed by atoms with Crippen LogP contribution in [0, 0.1) is 5.82 Å². The second-order valence-electron chi connectivity index (χ2n) is 2.98. The van der Waals surface area contributed by atoms with Crippen molar-refractivity contribution in [3.05, 3.63) is 41.8 Å². The maximum absolute atomic E-state index is 12.9. The molecule has 1 aromatic heterocycles. The summed E-state index contributed by atoms with van der Waals surface area (Å²) < 4.78 is 12.9. The highest BCUT2D eigenvalue weighted by molar-refractivity contribution is 5.62. The summed E-state index contributed by atoms with van der Waals surface area (Å²) in [4.78, 5) is 0. The highest BCUT2D eigenvalue weighted by Gasteiger charge is 2.06. The minimum Gasteiger partial charge on any atom is -0.326 e. The van der Waals surface area contributed by atoms with Crippen LogP contribution in [-0.4, -0.2) is 10.2 Å². The van der Waals surface area contributed by atoms with Gasteiger partial charge < -0.3 is 5.73 Å². The molecule has 1 aromatic carbocycles. The molecule has 2 rings (SSSR count). The van der Waals surface area contributed by atoms with Gasteiger partial charge in [-0.05, 0) is 12.1 Å². The predicted molar refractivity (Wildman–Crippen MR) is 51.9 cm³/mol. The first-order valence-corrected chi connectivity index (χ1v) is 4.29. The fourth-order valence-corrected chi connectivity index (χ4v) is 1.36. The molecule has 0 saturated heterocycles. The maximum atomic E-state index is 12.9. The number of aromatic nitrogens is 2. The van der Waals surface area contributed by atoms with Crippen LogP contribution >= 0.6 is 0 Å². The average molecular weight is 191 g/mol. The van der Waals surface area contributed by atoms with Crippen LogP contribution in [0.2, 0.25) is 0 Å². The molecule has 0 fully saturated rings. The molecule has 4 heteroatoms. The maximum Gasteiger partial charge on any atom is 0.123 e. The molecule has 72 valence electrons. The van der Waals surface area contributed by atoms with E-state index in [1.165, 1.54) is 12.1 Å². The molecule has 0 unspecified atom stereocenters. The Kier molecular flexibility index (Phi) is 2.28. The molecule has 14 heavy (non-hydrogen) atoms. The summed E-state index contributed by atoms with van der Waals surface area (Å²) in [6.45, 7) is 0.391. The van der Waals surface area contributed by atoms with Crippen molar-refractivity contribution in [1.82, 2.24) is 10.2 Å². The van der Waals surface area contributed by atoms with E-state index in [9.17, 15) is 4.39 Å². The Morgan fingerprint density at radius 3 is 3.00 bits per heavy atom. The number of aromatic amines is 1. The van der Waals surface area contributed by atoms with Crippen molar-refractivity contribution in [3.63, 3.8) is 0 Å². The van der Waals surface area contributed by atoms with E-state index in [-0.39, 0.29) is 5.82 Å². The molecular formula is C10H10FN3. The van der Waals surface area contributed by atoms with Gasteiger partial charge in [0, 0.05) is 17.7 Å². The van der Waals surface area contributed by atoms with E-state index in [0.29, 0.717) is 6.54 Å². The number of nitrogens with zero attached hydrogens (tertiary/aromatic N) is 1. The predicted octanol–water partition coefficient (Wildman–Crippen LogP) is 1.67. The van der Waals surface area contributed by atoms with Crippen LogP contribution in [0.15, 0.2) is 30.5 Å². The molecule has 0 aliphatic heterocycles. The molecule has 0 bridgehead atoms. The van der Waals surface area contributed by atoms with Gasteiger partial charge in [-0.15, -0.1) is 0 Å². The Morgan fingerprint density at radius 1 is 1.43 bits per heavy atom. The molecule has 0 spiro atoms. The van der Waals surface area contributed by atoms with E-state index < -0.39 is 0 Å². The van der Waals surface area contributed by atoms with E-state index >= 15 is 0 Å². The molecule has 3 nitrogen and oxygen atoms in total. The Bertz CT molecular complexity index is 436. The van der Waals surface area contributed by atoms with Crippen molar-refractivity contribution in [2.75, 3.05) is 0 Å². The summed E-state index contributed by atoms with van der Waals surface area (Å²) in [6.07, 6.45) is 1.65. The number of nitrogens with one attached hydrogen (secondary N) is 1. The third kappa shape index (κ3) is 1.52. The summed E-state index contributed by atoms with van der Waals surface area (Å²) in [5, 5.41) is 6.68. The number of H-pyrrole nitrogens is 1. The first-order valence-electron chi connectivity index (χ1n) is 4.29. The zero-order valence-electron chi connectivity index (χ0n) is 7.50. The van der Waals surface area contributed by atoms with Gasteiger partial charge in [0.2, 0.25) is 0 Å². The molecule has 2 aromatic rings. The number of hydrogen-bond donors (Lipinski definition) is 2. The summed E-state index contributed by atoms with van der Waals surface area (Å²) in [6, 6.07) is 6.33. The second kappa shape index (κ2) is 3.59. The van der Waals surface area contributed by atoms with E-state index in [2.05, 4.69) is 10.2 Å². The molecule has 1 heterocycles. The topological polar surface area (TPSA) is 54.7 Å². The Labute approximate surface area is 80.8 Å². The van der Waals surface area contributed by atoms with Gasteiger partial charge in [-0.2, -0.15) is 5.10 Å².